The van der Waals surface area contributed by atoms with Gasteiger partial charge >= 0.3 is 0 Å². The van der Waals surface area contributed by atoms with Crippen LogP contribution in [0.2, 0.25) is 0 Å². The molecule has 0 amide bonds. The molecule has 0 saturated carbocycles. The number of hydrogen-bond donors (Lipinski definition) is 1. The fourth-order valence-electron chi connectivity index (χ4n) is 1.42. The molecule has 0 aliphatic heterocycles. The van der Waals surface area contributed by atoms with Crippen LogP contribution in [0.15, 0.2) is 12.4 Å². The molecule has 0 radical (unpaired) electrons. The van der Waals surface area contributed by atoms with E-state index in [4.69, 9.17) is 5.73 Å². The topological polar surface area (TPSA) is 43.8 Å². The Bertz CT molecular complexity index is 283. The van der Waals surface area contributed by atoms with E-state index in [-0.39, 0.29) is 11.5 Å². The minimum absolute atomic E-state index is 0.00375. The van der Waals surface area contributed by atoms with E-state index in [1.807, 2.05) is 12.4 Å². The molecule has 3 heteroatoms. The molecule has 1 heterocycles. The van der Waals surface area contributed by atoms with Gasteiger partial charge in [0.1, 0.15) is 5.82 Å². The van der Waals surface area contributed by atoms with E-state index >= 15 is 0 Å². The van der Waals surface area contributed by atoms with Gasteiger partial charge in [0.2, 0.25) is 0 Å². The van der Waals surface area contributed by atoms with Crippen molar-refractivity contribution in [3.63, 3.8) is 0 Å². The number of aryl methyl sites for hydroxylation is 1. The molecular formula is C11H21N3. The predicted molar refractivity (Wildman–Crippen MR) is 58.9 cm³/mol. The lowest BCUT2D eigenvalue weighted by Crippen LogP contribution is -2.29. The van der Waals surface area contributed by atoms with Gasteiger partial charge in [-0.2, -0.15) is 0 Å². The van der Waals surface area contributed by atoms with Crippen LogP contribution in [0, 0.1) is 5.41 Å². The lowest BCUT2D eigenvalue weighted by molar-refractivity contribution is 0.307. The number of aromatic nitrogens is 2. The molecule has 0 spiro atoms. The van der Waals surface area contributed by atoms with E-state index in [1.54, 1.807) is 0 Å². The SMILES string of the molecule is CCCn1ccnc1C(N)C(C)(C)C. The first-order chi connectivity index (χ1) is 6.46. The lowest BCUT2D eigenvalue weighted by atomic mass is 9.87. The number of hydrogen-bond acceptors (Lipinski definition) is 2. The zero-order valence-corrected chi connectivity index (χ0v) is 9.62. The van der Waals surface area contributed by atoms with Gasteiger partial charge in [0.05, 0.1) is 6.04 Å². The maximum absolute atomic E-state index is 6.16. The van der Waals surface area contributed by atoms with Crippen LogP contribution < -0.4 is 5.73 Å². The largest absolute Gasteiger partial charge is 0.334 e. The summed E-state index contributed by atoms with van der Waals surface area (Å²) in [5.74, 6) is 0.999. The zero-order chi connectivity index (χ0) is 10.8. The van der Waals surface area contributed by atoms with Crippen LogP contribution in [0.5, 0.6) is 0 Å². The van der Waals surface area contributed by atoms with Crippen LogP contribution in [-0.2, 0) is 6.54 Å². The van der Waals surface area contributed by atoms with Gasteiger partial charge in [-0.25, -0.2) is 4.98 Å². The summed E-state index contributed by atoms with van der Waals surface area (Å²) in [6.45, 7) is 9.58. The minimum atomic E-state index is 0.00375. The molecule has 0 fully saturated rings. The Morgan fingerprint density at radius 2 is 2.14 bits per heavy atom. The molecule has 14 heavy (non-hydrogen) atoms. The van der Waals surface area contributed by atoms with Crippen LogP contribution >= 0.6 is 0 Å². The van der Waals surface area contributed by atoms with E-state index in [0.29, 0.717) is 0 Å². The highest BCUT2D eigenvalue weighted by molar-refractivity contribution is 5.02. The van der Waals surface area contributed by atoms with Crippen molar-refractivity contribution in [2.24, 2.45) is 11.1 Å². The maximum atomic E-state index is 6.16. The second-order valence-corrected chi connectivity index (χ2v) is 4.82. The molecule has 0 aliphatic rings. The smallest absolute Gasteiger partial charge is 0.126 e. The van der Waals surface area contributed by atoms with Crippen LogP contribution in [0.25, 0.3) is 0 Å². The fourth-order valence-corrected chi connectivity index (χ4v) is 1.42. The highest BCUT2D eigenvalue weighted by Gasteiger charge is 2.25. The first-order valence-electron chi connectivity index (χ1n) is 5.23. The molecule has 2 N–H and O–H groups in total. The second kappa shape index (κ2) is 4.13. The molecule has 1 rings (SSSR count). The molecular weight excluding hydrogens is 174 g/mol. The van der Waals surface area contributed by atoms with Gasteiger partial charge in [0, 0.05) is 18.9 Å². The fraction of sp³-hybridized carbons (Fsp3) is 0.727. The van der Waals surface area contributed by atoms with Crippen molar-refractivity contribution in [2.75, 3.05) is 0 Å². The highest BCUT2D eigenvalue weighted by atomic mass is 15.1. The number of nitrogens with two attached hydrogens (primary N) is 1. The monoisotopic (exact) mass is 195 g/mol. The number of rotatable bonds is 3. The van der Waals surface area contributed by atoms with Crippen molar-refractivity contribution in [2.45, 2.75) is 46.7 Å². The molecule has 1 atom stereocenters. The van der Waals surface area contributed by atoms with E-state index in [9.17, 15) is 0 Å². The third-order valence-corrected chi connectivity index (χ3v) is 2.42. The summed E-state index contributed by atoms with van der Waals surface area (Å²) in [7, 11) is 0. The third kappa shape index (κ3) is 2.35. The summed E-state index contributed by atoms with van der Waals surface area (Å²) in [5.41, 5.74) is 6.23. The third-order valence-electron chi connectivity index (χ3n) is 2.42. The molecule has 0 aliphatic carbocycles. The van der Waals surface area contributed by atoms with E-state index in [0.717, 1.165) is 18.8 Å². The van der Waals surface area contributed by atoms with E-state index in [2.05, 4.69) is 37.2 Å². The van der Waals surface area contributed by atoms with Gasteiger partial charge in [-0.3, -0.25) is 0 Å². The standard InChI is InChI=1S/C11H21N3/c1-5-7-14-8-6-13-10(14)9(12)11(2,3)4/h6,8-9H,5,7,12H2,1-4H3. The van der Waals surface area contributed by atoms with Crippen LogP contribution in [0.3, 0.4) is 0 Å². The molecule has 0 aromatic carbocycles. The van der Waals surface area contributed by atoms with E-state index in [1.165, 1.54) is 0 Å². The van der Waals surface area contributed by atoms with Gasteiger partial charge in [-0.15, -0.1) is 0 Å². The Kier molecular flexibility index (Phi) is 3.32. The summed E-state index contributed by atoms with van der Waals surface area (Å²) in [5, 5.41) is 0. The predicted octanol–water partition coefficient (Wildman–Crippen LogP) is 2.34. The average Bonchev–Trinajstić information content (AvgIpc) is 2.50. The molecule has 0 saturated heterocycles. The summed E-state index contributed by atoms with van der Waals surface area (Å²) in [6.07, 6.45) is 4.95. The minimum Gasteiger partial charge on any atom is -0.334 e. The number of nitrogens with zero attached hydrogens (tertiary/aromatic N) is 2. The molecule has 0 bridgehead atoms. The van der Waals surface area contributed by atoms with Crippen LogP contribution in [0.4, 0.5) is 0 Å². The Morgan fingerprint density at radius 1 is 1.50 bits per heavy atom. The first kappa shape index (κ1) is 11.2. The highest BCUT2D eigenvalue weighted by Crippen LogP contribution is 2.29. The summed E-state index contributed by atoms with van der Waals surface area (Å²) >= 11 is 0. The van der Waals surface area contributed by atoms with Crippen molar-refractivity contribution < 1.29 is 0 Å². The first-order valence-corrected chi connectivity index (χ1v) is 5.23. The van der Waals surface area contributed by atoms with Crippen LogP contribution in [-0.4, -0.2) is 9.55 Å². The molecule has 3 nitrogen and oxygen atoms in total. The Balaban J connectivity index is 2.89. The van der Waals surface area contributed by atoms with Gasteiger partial charge in [0.25, 0.3) is 0 Å². The molecule has 1 aromatic rings. The molecule has 1 aromatic heterocycles. The van der Waals surface area contributed by atoms with Crippen molar-refractivity contribution in [3.8, 4) is 0 Å². The van der Waals surface area contributed by atoms with Crippen LogP contribution in [0.1, 0.15) is 46.0 Å². The van der Waals surface area contributed by atoms with Gasteiger partial charge in [-0.05, 0) is 11.8 Å². The normalized spacial score (nSPS) is 14.4. The Hall–Kier alpha value is -0.830. The van der Waals surface area contributed by atoms with E-state index < -0.39 is 0 Å². The second-order valence-electron chi connectivity index (χ2n) is 4.82. The van der Waals surface area contributed by atoms with Crippen molar-refractivity contribution in [1.82, 2.24) is 9.55 Å². The van der Waals surface area contributed by atoms with Crippen molar-refractivity contribution >= 4 is 0 Å². The van der Waals surface area contributed by atoms with Crippen molar-refractivity contribution in [3.05, 3.63) is 18.2 Å². The number of imidazole rings is 1. The molecule has 80 valence electrons. The Labute approximate surface area is 86.3 Å². The summed E-state index contributed by atoms with van der Waals surface area (Å²) in [6, 6.07) is 0.00375. The lowest BCUT2D eigenvalue weighted by Gasteiger charge is -2.27. The van der Waals surface area contributed by atoms with Crippen molar-refractivity contribution in [1.29, 1.82) is 0 Å². The summed E-state index contributed by atoms with van der Waals surface area (Å²) in [4.78, 5) is 4.34. The van der Waals surface area contributed by atoms with Gasteiger partial charge in [0.15, 0.2) is 0 Å². The zero-order valence-electron chi connectivity index (χ0n) is 9.62. The maximum Gasteiger partial charge on any atom is 0.126 e. The molecule has 1 unspecified atom stereocenters. The average molecular weight is 195 g/mol. The quantitative estimate of drug-likeness (QED) is 0.804. The Morgan fingerprint density at radius 3 is 2.64 bits per heavy atom. The van der Waals surface area contributed by atoms with Gasteiger partial charge in [-0.1, -0.05) is 27.7 Å². The van der Waals surface area contributed by atoms with Gasteiger partial charge < -0.3 is 10.3 Å². The summed E-state index contributed by atoms with van der Waals surface area (Å²) < 4.78 is 2.15.